The molecule has 0 bridgehead atoms. The van der Waals surface area contributed by atoms with Crippen molar-refractivity contribution in [3.63, 3.8) is 0 Å². The van der Waals surface area contributed by atoms with Crippen LogP contribution in [0.4, 0.5) is 5.82 Å². The lowest BCUT2D eigenvalue weighted by atomic mass is 10.1. The van der Waals surface area contributed by atoms with Crippen LogP contribution in [0.1, 0.15) is 11.1 Å². The van der Waals surface area contributed by atoms with E-state index in [1.54, 1.807) is 4.68 Å². The Balaban J connectivity index is 1.52. The number of amides is 1. The number of nitrogens with one attached hydrogen (secondary N) is 1. The number of halogens is 1. The van der Waals surface area contributed by atoms with Gasteiger partial charge in [-0.3, -0.25) is 9.48 Å². The van der Waals surface area contributed by atoms with Crippen molar-refractivity contribution >= 4 is 23.3 Å². The maximum atomic E-state index is 12.5. The Morgan fingerprint density at radius 2 is 1.87 bits per heavy atom. The highest BCUT2D eigenvalue weighted by Gasteiger charge is 2.20. The van der Waals surface area contributed by atoms with Crippen LogP contribution < -0.4 is 10.2 Å². The van der Waals surface area contributed by atoms with E-state index in [0.717, 1.165) is 35.6 Å². The molecule has 30 heavy (non-hydrogen) atoms. The highest BCUT2D eigenvalue weighted by molar-refractivity contribution is 6.31. The van der Waals surface area contributed by atoms with Gasteiger partial charge in [-0.15, -0.1) is 0 Å². The number of nitrogens with zero attached hydrogens (tertiary/aromatic N) is 3. The van der Waals surface area contributed by atoms with E-state index in [-0.39, 0.29) is 12.5 Å². The zero-order valence-electron chi connectivity index (χ0n) is 17.0. The van der Waals surface area contributed by atoms with Crippen LogP contribution in [0.15, 0.2) is 54.7 Å². The van der Waals surface area contributed by atoms with Gasteiger partial charge >= 0.3 is 0 Å². The summed E-state index contributed by atoms with van der Waals surface area (Å²) in [6.45, 7) is 5.54. The first-order valence-corrected chi connectivity index (χ1v) is 10.5. The minimum Gasteiger partial charge on any atom is -0.378 e. The molecule has 2 aromatic carbocycles. The van der Waals surface area contributed by atoms with Crippen molar-refractivity contribution < 1.29 is 9.53 Å². The van der Waals surface area contributed by atoms with E-state index in [4.69, 9.17) is 21.4 Å². The average molecular weight is 425 g/mol. The molecule has 0 spiro atoms. The van der Waals surface area contributed by atoms with Crippen LogP contribution in [0.2, 0.25) is 5.02 Å². The Morgan fingerprint density at radius 1 is 1.13 bits per heavy atom. The summed E-state index contributed by atoms with van der Waals surface area (Å²) in [4.78, 5) is 14.7. The van der Waals surface area contributed by atoms with Gasteiger partial charge in [-0.05, 0) is 24.1 Å². The molecule has 0 radical (unpaired) electrons. The van der Waals surface area contributed by atoms with Gasteiger partial charge in [-0.25, -0.2) is 0 Å². The van der Waals surface area contributed by atoms with Crippen molar-refractivity contribution in [2.24, 2.45) is 0 Å². The number of morpholine rings is 1. The molecule has 0 atom stereocenters. The molecular formula is C23H25ClN4O2. The molecule has 0 unspecified atom stereocenters. The Bertz CT molecular complexity index is 1010. The summed E-state index contributed by atoms with van der Waals surface area (Å²) in [6.07, 6.45) is 1.95. The normalized spacial score (nSPS) is 14.0. The highest BCUT2D eigenvalue weighted by atomic mass is 35.5. The number of benzene rings is 2. The molecule has 6 nitrogen and oxygen atoms in total. The minimum atomic E-state index is -0.110. The standard InChI is InChI=1S/C23H25ClN4O2/c1-17-6-8-18(9-7-17)20-15-28(26-23(20)27-10-12-30-13-11-27)16-22(29)25-14-19-4-2-3-5-21(19)24/h2-9,15H,10-14,16H2,1H3,(H,25,29). The first-order valence-electron chi connectivity index (χ1n) is 10.1. The summed E-state index contributed by atoms with van der Waals surface area (Å²) in [5, 5.41) is 8.32. The van der Waals surface area contributed by atoms with E-state index in [1.165, 1.54) is 5.56 Å². The van der Waals surface area contributed by atoms with E-state index >= 15 is 0 Å². The third kappa shape index (κ3) is 4.83. The number of aromatic nitrogens is 2. The molecule has 0 aliphatic carbocycles. The molecule has 1 aliphatic rings. The molecule has 156 valence electrons. The number of anilines is 1. The van der Waals surface area contributed by atoms with Crippen molar-refractivity contribution in [2.45, 2.75) is 20.0 Å². The van der Waals surface area contributed by atoms with Crippen molar-refractivity contribution in [3.8, 4) is 11.1 Å². The molecule has 1 amide bonds. The van der Waals surface area contributed by atoms with Crippen LogP contribution in [0, 0.1) is 6.92 Å². The van der Waals surface area contributed by atoms with E-state index in [0.29, 0.717) is 24.8 Å². The number of hydrogen-bond acceptors (Lipinski definition) is 4. The van der Waals surface area contributed by atoms with Crippen molar-refractivity contribution in [2.75, 3.05) is 31.2 Å². The number of ether oxygens (including phenoxy) is 1. The van der Waals surface area contributed by atoms with E-state index in [1.807, 2.05) is 30.5 Å². The van der Waals surface area contributed by atoms with Gasteiger partial charge in [0.2, 0.25) is 5.91 Å². The number of carbonyl (C=O) groups is 1. The maximum Gasteiger partial charge on any atom is 0.242 e. The Kier molecular flexibility index (Phi) is 6.35. The first kappa shape index (κ1) is 20.4. The van der Waals surface area contributed by atoms with Gasteiger partial charge in [-0.1, -0.05) is 59.6 Å². The molecule has 1 aromatic heterocycles. The third-order valence-electron chi connectivity index (χ3n) is 5.15. The summed E-state index contributed by atoms with van der Waals surface area (Å²) in [5.74, 6) is 0.780. The Morgan fingerprint density at radius 3 is 2.60 bits per heavy atom. The predicted molar refractivity (Wildman–Crippen MR) is 119 cm³/mol. The van der Waals surface area contributed by atoms with Crippen molar-refractivity contribution in [3.05, 3.63) is 70.9 Å². The quantitative estimate of drug-likeness (QED) is 0.656. The van der Waals surface area contributed by atoms with Gasteiger partial charge in [0, 0.05) is 36.4 Å². The smallest absolute Gasteiger partial charge is 0.242 e. The fourth-order valence-electron chi connectivity index (χ4n) is 3.48. The largest absolute Gasteiger partial charge is 0.378 e. The summed E-state index contributed by atoms with van der Waals surface area (Å²) < 4.78 is 7.20. The molecule has 3 aromatic rings. The van der Waals surface area contributed by atoms with E-state index in [2.05, 4.69) is 41.4 Å². The fourth-order valence-corrected chi connectivity index (χ4v) is 3.68. The lowest BCUT2D eigenvalue weighted by molar-refractivity contribution is -0.122. The zero-order valence-corrected chi connectivity index (χ0v) is 17.7. The molecule has 1 aliphatic heterocycles. The Labute approximate surface area is 181 Å². The molecule has 0 saturated carbocycles. The van der Waals surface area contributed by atoms with Crippen LogP contribution >= 0.6 is 11.6 Å². The van der Waals surface area contributed by atoms with Crippen molar-refractivity contribution in [1.29, 1.82) is 0 Å². The zero-order chi connectivity index (χ0) is 20.9. The average Bonchev–Trinajstić information content (AvgIpc) is 3.18. The molecular weight excluding hydrogens is 400 g/mol. The maximum absolute atomic E-state index is 12.5. The minimum absolute atomic E-state index is 0.110. The van der Waals surface area contributed by atoms with Gasteiger partial charge in [0.05, 0.1) is 13.2 Å². The van der Waals surface area contributed by atoms with Crippen LogP contribution in [-0.2, 0) is 22.6 Å². The second kappa shape index (κ2) is 9.32. The first-order chi connectivity index (χ1) is 14.6. The number of aryl methyl sites for hydroxylation is 1. The summed E-state index contributed by atoms with van der Waals surface area (Å²) in [5.41, 5.74) is 4.21. The SMILES string of the molecule is Cc1ccc(-c2cn(CC(=O)NCc3ccccc3Cl)nc2N2CCOCC2)cc1. The van der Waals surface area contributed by atoms with E-state index in [9.17, 15) is 4.79 Å². The second-order valence-corrected chi connectivity index (χ2v) is 7.80. The molecule has 1 saturated heterocycles. The molecule has 1 N–H and O–H groups in total. The van der Waals surface area contributed by atoms with Gasteiger partial charge < -0.3 is 15.0 Å². The van der Waals surface area contributed by atoms with Gasteiger partial charge in [0.25, 0.3) is 0 Å². The van der Waals surface area contributed by atoms with Crippen LogP contribution in [0.3, 0.4) is 0 Å². The summed E-state index contributed by atoms with van der Waals surface area (Å²) in [6, 6.07) is 15.9. The Hall–Kier alpha value is -2.83. The van der Waals surface area contributed by atoms with Gasteiger partial charge in [-0.2, -0.15) is 5.10 Å². The third-order valence-corrected chi connectivity index (χ3v) is 5.52. The van der Waals surface area contributed by atoms with Crippen molar-refractivity contribution in [1.82, 2.24) is 15.1 Å². The predicted octanol–water partition coefficient (Wildman–Crippen LogP) is 3.66. The monoisotopic (exact) mass is 424 g/mol. The number of hydrogen-bond donors (Lipinski definition) is 1. The lowest BCUT2D eigenvalue weighted by Crippen LogP contribution is -2.37. The topological polar surface area (TPSA) is 59.4 Å². The molecule has 1 fully saturated rings. The fraction of sp³-hybridized carbons (Fsp3) is 0.304. The molecule has 4 rings (SSSR count). The van der Waals surface area contributed by atoms with Gasteiger partial charge in [0.15, 0.2) is 5.82 Å². The molecule has 2 heterocycles. The lowest BCUT2D eigenvalue weighted by Gasteiger charge is -2.27. The number of rotatable bonds is 6. The van der Waals surface area contributed by atoms with E-state index < -0.39 is 0 Å². The van der Waals surface area contributed by atoms with Crippen LogP contribution in [-0.4, -0.2) is 42.0 Å². The summed E-state index contributed by atoms with van der Waals surface area (Å²) >= 11 is 6.17. The van der Waals surface area contributed by atoms with Crippen LogP contribution in [0.25, 0.3) is 11.1 Å². The molecule has 7 heteroatoms. The van der Waals surface area contributed by atoms with Crippen LogP contribution in [0.5, 0.6) is 0 Å². The highest BCUT2D eigenvalue weighted by Crippen LogP contribution is 2.30. The second-order valence-electron chi connectivity index (χ2n) is 7.40. The number of carbonyl (C=O) groups excluding carboxylic acids is 1. The van der Waals surface area contributed by atoms with Gasteiger partial charge in [0.1, 0.15) is 6.54 Å². The summed E-state index contributed by atoms with van der Waals surface area (Å²) in [7, 11) is 0.